The predicted molar refractivity (Wildman–Crippen MR) is 55.2 cm³/mol. The molecule has 0 aromatic rings. The molecular formula is C11H20N2O. The molecule has 0 aromatic heterocycles. The first kappa shape index (κ1) is 9.13. The predicted octanol–water partition coefficient (Wildman–Crippen LogP) is 0.174. The van der Waals surface area contributed by atoms with Gasteiger partial charge in [-0.25, -0.2) is 0 Å². The Kier molecular flexibility index (Phi) is 2.48. The van der Waals surface area contributed by atoms with Gasteiger partial charge < -0.3 is 15.0 Å². The Bertz CT molecular complexity index is 193. The number of hydrogen-bond acceptors (Lipinski definition) is 3. The van der Waals surface area contributed by atoms with E-state index in [0.717, 1.165) is 31.0 Å². The summed E-state index contributed by atoms with van der Waals surface area (Å²) in [6.07, 6.45) is 1.40. The first-order valence-electron chi connectivity index (χ1n) is 5.92. The average Bonchev–Trinajstić information content (AvgIpc) is 2.59. The highest BCUT2D eigenvalue weighted by Crippen LogP contribution is 2.29. The largest absolute Gasteiger partial charge is 0.381 e. The Labute approximate surface area is 85.8 Å². The van der Waals surface area contributed by atoms with Crippen LogP contribution in [0.5, 0.6) is 0 Å². The van der Waals surface area contributed by atoms with Crippen molar-refractivity contribution in [1.29, 1.82) is 0 Å². The van der Waals surface area contributed by atoms with E-state index in [1.54, 1.807) is 0 Å². The Balaban J connectivity index is 1.42. The topological polar surface area (TPSA) is 24.5 Å². The number of rotatable bonds is 3. The zero-order chi connectivity index (χ0) is 9.38. The molecule has 3 heterocycles. The van der Waals surface area contributed by atoms with Crippen molar-refractivity contribution >= 4 is 0 Å². The molecule has 14 heavy (non-hydrogen) atoms. The second kappa shape index (κ2) is 3.80. The Hall–Kier alpha value is -0.120. The minimum absolute atomic E-state index is 0.856. The van der Waals surface area contributed by atoms with Crippen LogP contribution in [0.1, 0.15) is 6.42 Å². The summed E-state index contributed by atoms with van der Waals surface area (Å²) in [5.74, 6) is 2.68. The summed E-state index contributed by atoms with van der Waals surface area (Å²) < 4.78 is 5.48. The minimum atomic E-state index is 0.856. The van der Waals surface area contributed by atoms with Crippen molar-refractivity contribution in [2.45, 2.75) is 6.42 Å². The van der Waals surface area contributed by atoms with Crippen LogP contribution in [0.15, 0.2) is 0 Å². The van der Waals surface area contributed by atoms with Gasteiger partial charge in [-0.2, -0.15) is 0 Å². The monoisotopic (exact) mass is 196 g/mol. The summed E-state index contributed by atoms with van der Waals surface area (Å²) in [5, 5.41) is 3.34. The van der Waals surface area contributed by atoms with E-state index in [0.29, 0.717) is 0 Å². The number of hydrogen-bond donors (Lipinski definition) is 1. The lowest BCUT2D eigenvalue weighted by Gasteiger charge is -2.29. The Morgan fingerprint density at radius 1 is 1.14 bits per heavy atom. The highest BCUT2D eigenvalue weighted by Gasteiger charge is 2.36. The van der Waals surface area contributed by atoms with E-state index >= 15 is 0 Å². The van der Waals surface area contributed by atoms with Crippen molar-refractivity contribution in [2.75, 3.05) is 45.9 Å². The molecule has 1 N–H and O–H groups in total. The molecule has 0 aromatic carbocycles. The molecule has 2 atom stereocenters. The number of nitrogens with one attached hydrogen (secondary N) is 1. The summed E-state index contributed by atoms with van der Waals surface area (Å²) in [4.78, 5) is 2.65. The fourth-order valence-electron chi connectivity index (χ4n) is 2.88. The maximum Gasteiger partial charge on any atom is 0.0510 e. The van der Waals surface area contributed by atoms with Gasteiger partial charge in [-0.05, 0) is 32.0 Å². The molecule has 3 nitrogen and oxygen atoms in total. The highest BCUT2D eigenvalue weighted by molar-refractivity contribution is 4.88. The summed E-state index contributed by atoms with van der Waals surface area (Å²) in [7, 11) is 0. The number of nitrogens with zero attached hydrogens (tertiary/aromatic N) is 1. The van der Waals surface area contributed by atoms with Gasteiger partial charge in [0.15, 0.2) is 0 Å². The molecule has 3 fully saturated rings. The average molecular weight is 196 g/mol. The summed E-state index contributed by atoms with van der Waals surface area (Å²) in [5.41, 5.74) is 0. The standard InChI is InChI=1S/C11H20N2O/c1(9-3-12-4-9)2-13-5-10-7-14-8-11(10)6-13/h9-12H,1-8H2. The molecule has 3 aliphatic rings. The summed E-state index contributed by atoms with van der Waals surface area (Å²) in [6, 6.07) is 0. The molecule has 3 aliphatic heterocycles. The third-order valence-electron chi connectivity index (χ3n) is 4.04. The van der Waals surface area contributed by atoms with Crippen LogP contribution in [-0.2, 0) is 4.74 Å². The van der Waals surface area contributed by atoms with Gasteiger partial charge in [0, 0.05) is 24.9 Å². The van der Waals surface area contributed by atoms with Crippen LogP contribution in [0.3, 0.4) is 0 Å². The van der Waals surface area contributed by atoms with E-state index in [1.807, 2.05) is 0 Å². The van der Waals surface area contributed by atoms with E-state index in [4.69, 9.17) is 4.74 Å². The molecule has 0 bridgehead atoms. The van der Waals surface area contributed by atoms with E-state index < -0.39 is 0 Å². The lowest BCUT2D eigenvalue weighted by atomic mass is 9.99. The van der Waals surface area contributed by atoms with Crippen LogP contribution in [0.4, 0.5) is 0 Å². The zero-order valence-electron chi connectivity index (χ0n) is 8.74. The molecule has 0 aliphatic carbocycles. The molecule has 3 heteroatoms. The normalized spacial score (nSPS) is 38.6. The first-order valence-corrected chi connectivity index (χ1v) is 5.92. The summed E-state index contributed by atoms with van der Waals surface area (Å²) >= 11 is 0. The third kappa shape index (κ3) is 1.69. The van der Waals surface area contributed by atoms with Gasteiger partial charge in [0.25, 0.3) is 0 Å². The zero-order valence-corrected chi connectivity index (χ0v) is 8.74. The lowest BCUT2D eigenvalue weighted by Crippen LogP contribution is -2.43. The smallest absolute Gasteiger partial charge is 0.0510 e. The maximum atomic E-state index is 5.48. The van der Waals surface area contributed by atoms with Crippen LogP contribution >= 0.6 is 0 Å². The van der Waals surface area contributed by atoms with E-state index in [-0.39, 0.29) is 0 Å². The van der Waals surface area contributed by atoms with Crippen LogP contribution < -0.4 is 5.32 Å². The molecule has 2 unspecified atom stereocenters. The first-order chi connectivity index (χ1) is 6.92. The maximum absolute atomic E-state index is 5.48. The van der Waals surface area contributed by atoms with Crippen LogP contribution in [-0.4, -0.2) is 50.8 Å². The number of ether oxygens (including phenoxy) is 1. The molecule has 3 rings (SSSR count). The molecule has 0 amide bonds. The molecule has 0 saturated carbocycles. The van der Waals surface area contributed by atoms with E-state index in [2.05, 4.69) is 10.2 Å². The van der Waals surface area contributed by atoms with Gasteiger partial charge >= 0.3 is 0 Å². The fourth-order valence-corrected chi connectivity index (χ4v) is 2.88. The molecule has 3 saturated heterocycles. The summed E-state index contributed by atoms with van der Waals surface area (Å²) in [6.45, 7) is 8.46. The van der Waals surface area contributed by atoms with Gasteiger partial charge in [-0.1, -0.05) is 0 Å². The van der Waals surface area contributed by atoms with Crippen molar-refractivity contribution < 1.29 is 4.74 Å². The highest BCUT2D eigenvalue weighted by atomic mass is 16.5. The lowest BCUT2D eigenvalue weighted by molar-refractivity contribution is 0.150. The Morgan fingerprint density at radius 2 is 1.86 bits per heavy atom. The number of likely N-dealkylation sites (tertiary alicyclic amines) is 1. The van der Waals surface area contributed by atoms with Crippen LogP contribution in [0.25, 0.3) is 0 Å². The van der Waals surface area contributed by atoms with Crippen molar-refractivity contribution in [3.8, 4) is 0 Å². The van der Waals surface area contributed by atoms with Crippen LogP contribution in [0, 0.1) is 17.8 Å². The third-order valence-corrected chi connectivity index (χ3v) is 4.04. The minimum Gasteiger partial charge on any atom is -0.381 e. The number of fused-ring (bicyclic) bond motifs is 1. The molecule has 0 spiro atoms. The van der Waals surface area contributed by atoms with Crippen molar-refractivity contribution in [3.63, 3.8) is 0 Å². The van der Waals surface area contributed by atoms with Gasteiger partial charge in [-0.3, -0.25) is 0 Å². The van der Waals surface area contributed by atoms with E-state index in [9.17, 15) is 0 Å². The van der Waals surface area contributed by atoms with Crippen molar-refractivity contribution in [3.05, 3.63) is 0 Å². The fraction of sp³-hybridized carbons (Fsp3) is 1.00. The van der Waals surface area contributed by atoms with Gasteiger partial charge in [0.05, 0.1) is 13.2 Å². The molecule has 0 radical (unpaired) electrons. The van der Waals surface area contributed by atoms with Crippen molar-refractivity contribution in [2.24, 2.45) is 17.8 Å². The van der Waals surface area contributed by atoms with Gasteiger partial charge in [-0.15, -0.1) is 0 Å². The second-order valence-electron chi connectivity index (χ2n) is 5.13. The second-order valence-corrected chi connectivity index (χ2v) is 5.13. The Morgan fingerprint density at radius 3 is 2.43 bits per heavy atom. The SMILES string of the molecule is C(CN1CC2COCC2C1)C1CNC1. The molecular weight excluding hydrogens is 176 g/mol. The quantitative estimate of drug-likeness (QED) is 0.696. The van der Waals surface area contributed by atoms with Crippen molar-refractivity contribution in [1.82, 2.24) is 10.2 Å². The van der Waals surface area contributed by atoms with Gasteiger partial charge in [0.2, 0.25) is 0 Å². The molecule has 80 valence electrons. The van der Waals surface area contributed by atoms with Gasteiger partial charge in [0.1, 0.15) is 0 Å². The van der Waals surface area contributed by atoms with Crippen LogP contribution in [0.2, 0.25) is 0 Å². The van der Waals surface area contributed by atoms with E-state index in [1.165, 1.54) is 39.1 Å².